The first-order valence-corrected chi connectivity index (χ1v) is 7.95. The van der Waals surface area contributed by atoms with Crippen molar-refractivity contribution < 1.29 is 23.5 Å². The number of benzene rings is 1. The van der Waals surface area contributed by atoms with Crippen molar-refractivity contribution in [1.29, 1.82) is 0 Å². The minimum Gasteiger partial charge on any atom is -0.485 e. The molecule has 3 rings (SSSR count). The van der Waals surface area contributed by atoms with Crippen LogP contribution in [0.2, 0.25) is 0 Å². The van der Waals surface area contributed by atoms with E-state index in [1.54, 1.807) is 6.92 Å². The van der Waals surface area contributed by atoms with Gasteiger partial charge in [-0.15, -0.1) is 11.3 Å². The van der Waals surface area contributed by atoms with Gasteiger partial charge in [-0.25, -0.2) is 14.2 Å². The predicted molar refractivity (Wildman–Crippen MR) is 81.0 cm³/mol. The number of carbonyl (C=O) groups excluding carboxylic acids is 2. The third kappa shape index (κ3) is 2.52. The van der Waals surface area contributed by atoms with E-state index in [4.69, 9.17) is 9.47 Å². The lowest BCUT2D eigenvalue weighted by molar-refractivity contribution is 0.0526. The van der Waals surface area contributed by atoms with E-state index in [1.807, 2.05) is 0 Å². The number of thiazole rings is 1. The van der Waals surface area contributed by atoms with Gasteiger partial charge in [-0.2, -0.15) is 0 Å². The fraction of sp³-hybridized carbons (Fsp3) is 0.214. The van der Waals surface area contributed by atoms with Crippen LogP contribution in [0, 0.1) is 5.82 Å². The van der Waals surface area contributed by atoms with Gasteiger partial charge >= 0.3 is 5.97 Å². The maximum Gasteiger partial charge on any atom is 0.367 e. The fourth-order valence-corrected chi connectivity index (χ4v) is 3.25. The minimum absolute atomic E-state index is 0.0912. The molecule has 1 aromatic heterocycles. The summed E-state index contributed by atoms with van der Waals surface area (Å²) in [7, 11) is 0. The SMILES string of the molecule is CCOC(=O)c1nc2c(s1)C(=O)COc1cc(F)c(Br)cc1-2. The van der Waals surface area contributed by atoms with Gasteiger partial charge in [0, 0.05) is 11.6 Å². The summed E-state index contributed by atoms with van der Waals surface area (Å²) >= 11 is 4.05. The average molecular weight is 386 g/mol. The van der Waals surface area contributed by atoms with Crippen molar-refractivity contribution in [2.45, 2.75) is 6.92 Å². The highest BCUT2D eigenvalue weighted by Gasteiger charge is 2.29. The molecule has 0 fully saturated rings. The molecular formula is C14H9BrFNO4S. The van der Waals surface area contributed by atoms with Crippen LogP contribution in [0.25, 0.3) is 11.3 Å². The van der Waals surface area contributed by atoms with Crippen molar-refractivity contribution in [2.75, 3.05) is 13.2 Å². The topological polar surface area (TPSA) is 65.5 Å². The summed E-state index contributed by atoms with van der Waals surface area (Å²) < 4.78 is 24.1. The van der Waals surface area contributed by atoms with Crippen LogP contribution in [-0.2, 0) is 4.74 Å². The van der Waals surface area contributed by atoms with Gasteiger partial charge in [0.05, 0.1) is 16.8 Å². The summed E-state index contributed by atoms with van der Waals surface area (Å²) in [6, 6.07) is 2.67. The zero-order chi connectivity index (χ0) is 15.9. The zero-order valence-corrected chi connectivity index (χ0v) is 13.7. The highest BCUT2D eigenvalue weighted by atomic mass is 79.9. The van der Waals surface area contributed by atoms with Crippen LogP contribution >= 0.6 is 27.3 Å². The maximum atomic E-state index is 13.6. The van der Waals surface area contributed by atoms with E-state index in [9.17, 15) is 14.0 Å². The smallest absolute Gasteiger partial charge is 0.367 e. The van der Waals surface area contributed by atoms with Crippen LogP contribution in [0.5, 0.6) is 5.75 Å². The highest BCUT2D eigenvalue weighted by molar-refractivity contribution is 9.10. The summed E-state index contributed by atoms with van der Waals surface area (Å²) in [5.74, 6) is -1.18. The van der Waals surface area contributed by atoms with Gasteiger partial charge in [-0.3, -0.25) is 4.79 Å². The zero-order valence-electron chi connectivity index (χ0n) is 11.3. The molecule has 1 aliphatic heterocycles. The molecule has 2 aromatic rings. The Morgan fingerprint density at radius 3 is 3.05 bits per heavy atom. The molecule has 0 radical (unpaired) electrons. The first-order valence-electron chi connectivity index (χ1n) is 6.34. The predicted octanol–water partition coefficient (Wildman–Crippen LogP) is 3.46. The number of hydrogen-bond acceptors (Lipinski definition) is 6. The molecule has 0 saturated carbocycles. The van der Waals surface area contributed by atoms with Crippen LogP contribution in [0.1, 0.15) is 26.4 Å². The molecule has 1 aliphatic rings. The van der Waals surface area contributed by atoms with E-state index in [0.717, 1.165) is 11.3 Å². The Balaban J connectivity index is 2.18. The van der Waals surface area contributed by atoms with Crippen LogP contribution in [0.4, 0.5) is 4.39 Å². The van der Waals surface area contributed by atoms with Gasteiger partial charge in [-0.05, 0) is 28.9 Å². The van der Waals surface area contributed by atoms with E-state index in [1.165, 1.54) is 12.1 Å². The van der Waals surface area contributed by atoms with Crippen molar-refractivity contribution in [1.82, 2.24) is 4.98 Å². The average Bonchev–Trinajstić information content (AvgIpc) is 2.88. The number of esters is 1. The third-order valence-electron chi connectivity index (χ3n) is 2.97. The molecule has 2 heterocycles. The van der Waals surface area contributed by atoms with Crippen LogP contribution in [-0.4, -0.2) is 30.0 Å². The van der Waals surface area contributed by atoms with Crippen molar-refractivity contribution in [3.63, 3.8) is 0 Å². The first-order chi connectivity index (χ1) is 10.5. The molecule has 0 unspecified atom stereocenters. The molecule has 8 heteroatoms. The molecular weight excluding hydrogens is 377 g/mol. The number of ether oxygens (including phenoxy) is 2. The van der Waals surface area contributed by atoms with Gasteiger partial charge < -0.3 is 9.47 Å². The first kappa shape index (κ1) is 15.1. The van der Waals surface area contributed by atoms with Gasteiger partial charge in [-0.1, -0.05) is 0 Å². The number of rotatable bonds is 2. The largest absolute Gasteiger partial charge is 0.485 e. The second-order valence-electron chi connectivity index (χ2n) is 4.39. The maximum absolute atomic E-state index is 13.6. The monoisotopic (exact) mass is 385 g/mol. The normalized spacial score (nSPS) is 13.0. The number of Topliss-reactive ketones (excluding diaryl/α,β-unsaturated/α-hetero) is 1. The Kier molecular flexibility index (Phi) is 3.96. The van der Waals surface area contributed by atoms with Crippen LogP contribution in [0.15, 0.2) is 16.6 Å². The molecule has 0 atom stereocenters. The second kappa shape index (κ2) is 5.77. The standard InChI is InChI=1S/C14H9BrFNO4S/c1-2-20-14(19)13-17-11-6-3-7(15)8(16)4-10(6)21-5-9(18)12(11)22-13/h3-4H,2,5H2,1H3. The Morgan fingerprint density at radius 2 is 2.32 bits per heavy atom. The van der Waals surface area contributed by atoms with Crippen molar-refractivity contribution in [2.24, 2.45) is 0 Å². The van der Waals surface area contributed by atoms with Gasteiger partial charge in [0.1, 0.15) is 16.4 Å². The molecule has 0 bridgehead atoms. The lowest BCUT2D eigenvalue weighted by atomic mass is 10.1. The number of hydrogen-bond donors (Lipinski definition) is 0. The summed E-state index contributed by atoms with van der Waals surface area (Å²) in [5.41, 5.74) is 0.771. The minimum atomic E-state index is -0.586. The Bertz CT molecular complexity index is 789. The summed E-state index contributed by atoms with van der Waals surface area (Å²) in [5, 5.41) is 0.0912. The number of carbonyl (C=O) groups is 2. The van der Waals surface area contributed by atoms with Crippen molar-refractivity contribution in [3.8, 4) is 17.0 Å². The lowest BCUT2D eigenvalue weighted by Crippen LogP contribution is -2.08. The van der Waals surface area contributed by atoms with Crippen LogP contribution < -0.4 is 4.74 Å². The molecule has 114 valence electrons. The number of ketones is 1. The van der Waals surface area contributed by atoms with E-state index in [0.29, 0.717) is 16.1 Å². The Hall–Kier alpha value is -1.80. The molecule has 5 nitrogen and oxygen atoms in total. The summed E-state index contributed by atoms with van der Waals surface area (Å²) in [4.78, 5) is 28.4. The van der Waals surface area contributed by atoms with E-state index in [2.05, 4.69) is 20.9 Å². The van der Waals surface area contributed by atoms with Crippen LogP contribution in [0.3, 0.4) is 0 Å². The molecule has 1 aromatic carbocycles. The summed E-state index contributed by atoms with van der Waals surface area (Å²) in [6.45, 7) is 1.67. The van der Waals surface area contributed by atoms with Gasteiger partial charge in [0.2, 0.25) is 10.8 Å². The van der Waals surface area contributed by atoms with Crippen molar-refractivity contribution >= 4 is 39.0 Å². The number of aromatic nitrogens is 1. The number of nitrogens with zero attached hydrogens (tertiary/aromatic N) is 1. The van der Waals surface area contributed by atoms with E-state index >= 15 is 0 Å². The number of halogens is 2. The van der Waals surface area contributed by atoms with Gasteiger partial charge in [0.25, 0.3) is 0 Å². The third-order valence-corrected chi connectivity index (χ3v) is 4.65. The van der Waals surface area contributed by atoms with Crippen molar-refractivity contribution in [3.05, 3.63) is 32.3 Å². The molecule has 0 N–H and O–H groups in total. The van der Waals surface area contributed by atoms with E-state index in [-0.39, 0.29) is 34.2 Å². The fourth-order valence-electron chi connectivity index (χ4n) is 2.01. The second-order valence-corrected chi connectivity index (χ2v) is 6.24. The molecule has 0 saturated heterocycles. The molecule has 22 heavy (non-hydrogen) atoms. The summed E-state index contributed by atoms with van der Waals surface area (Å²) in [6.07, 6.45) is 0. The molecule has 0 spiro atoms. The molecule has 0 aliphatic carbocycles. The lowest BCUT2D eigenvalue weighted by Gasteiger charge is -2.07. The quantitative estimate of drug-likeness (QED) is 0.740. The van der Waals surface area contributed by atoms with Gasteiger partial charge in [0.15, 0.2) is 6.61 Å². The Labute approximate surface area is 137 Å². The highest BCUT2D eigenvalue weighted by Crippen LogP contribution is 2.40. The molecule has 0 amide bonds. The van der Waals surface area contributed by atoms with E-state index < -0.39 is 11.8 Å². The Morgan fingerprint density at radius 1 is 1.55 bits per heavy atom. The number of fused-ring (bicyclic) bond motifs is 3.